The van der Waals surface area contributed by atoms with Gasteiger partial charge in [-0.25, -0.2) is 18.6 Å². The SMILES string of the molecule is O=C(Nc1cnc2ccc(N3CCC[C@H]3c3cc(F)ccc3F)nn12)N1CC(CO)C1. The quantitative estimate of drug-likeness (QED) is 0.668. The fourth-order valence-electron chi connectivity index (χ4n) is 4.28. The number of likely N-dealkylation sites (tertiary alicyclic amines) is 1. The van der Waals surface area contributed by atoms with Gasteiger partial charge in [-0.15, -0.1) is 5.10 Å². The van der Waals surface area contributed by atoms with Crippen molar-refractivity contribution >= 4 is 23.3 Å². The van der Waals surface area contributed by atoms with Crippen LogP contribution in [0, 0.1) is 17.6 Å². The van der Waals surface area contributed by atoms with Crippen LogP contribution in [-0.2, 0) is 0 Å². The van der Waals surface area contributed by atoms with Crippen molar-refractivity contribution in [2.75, 3.05) is 36.5 Å². The molecule has 0 aliphatic carbocycles. The molecule has 2 aliphatic rings. The minimum Gasteiger partial charge on any atom is -0.396 e. The van der Waals surface area contributed by atoms with Gasteiger partial charge in [0, 0.05) is 37.7 Å². The Morgan fingerprint density at radius 3 is 2.87 bits per heavy atom. The van der Waals surface area contributed by atoms with Gasteiger partial charge in [0.2, 0.25) is 0 Å². The second kappa shape index (κ2) is 7.77. The van der Waals surface area contributed by atoms with Gasteiger partial charge in [0.1, 0.15) is 17.5 Å². The van der Waals surface area contributed by atoms with Gasteiger partial charge in [0.05, 0.1) is 12.2 Å². The maximum absolute atomic E-state index is 14.4. The lowest BCUT2D eigenvalue weighted by atomic mass is 10.0. The molecule has 0 spiro atoms. The number of urea groups is 1. The zero-order valence-electron chi connectivity index (χ0n) is 16.7. The summed E-state index contributed by atoms with van der Waals surface area (Å²) in [6.45, 7) is 1.73. The molecule has 10 heteroatoms. The molecule has 2 saturated heterocycles. The second-order valence-corrected chi connectivity index (χ2v) is 8.01. The van der Waals surface area contributed by atoms with Crippen molar-refractivity contribution in [1.29, 1.82) is 0 Å². The van der Waals surface area contributed by atoms with Crippen molar-refractivity contribution in [2.24, 2.45) is 5.92 Å². The van der Waals surface area contributed by atoms with Gasteiger partial charge in [-0.05, 0) is 43.2 Å². The van der Waals surface area contributed by atoms with E-state index in [1.807, 2.05) is 4.90 Å². The van der Waals surface area contributed by atoms with Crippen LogP contribution in [0.3, 0.4) is 0 Å². The van der Waals surface area contributed by atoms with Gasteiger partial charge in [-0.3, -0.25) is 5.32 Å². The van der Waals surface area contributed by atoms with E-state index < -0.39 is 11.6 Å². The van der Waals surface area contributed by atoms with Gasteiger partial charge in [-0.1, -0.05) is 0 Å². The number of nitrogens with one attached hydrogen (secondary N) is 1. The summed E-state index contributed by atoms with van der Waals surface area (Å²) in [4.78, 5) is 20.3. The third kappa shape index (κ3) is 3.56. The standard InChI is InChI=1S/C21H22F2N6O2/c22-14-3-4-16(23)15(8-14)17-2-1-7-28(17)19-6-5-18-24-9-20(29(18)26-19)25-21(31)27-10-13(11-27)12-30/h3-6,8-9,13,17,30H,1-2,7,10-12H2,(H,25,31)/t17-/m0/s1. The predicted molar refractivity (Wildman–Crippen MR) is 110 cm³/mol. The molecule has 0 bridgehead atoms. The van der Waals surface area contributed by atoms with Gasteiger partial charge in [0.25, 0.3) is 0 Å². The van der Waals surface area contributed by atoms with Gasteiger partial charge >= 0.3 is 6.03 Å². The van der Waals surface area contributed by atoms with Crippen LogP contribution >= 0.6 is 0 Å². The van der Waals surface area contributed by atoms with E-state index in [-0.39, 0.29) is 24.6 Å². The van der Waals surface area contributed by atoms with Crippen molar-refractivity contribution in [3.8, 4) is 0 Å². The smallest absolute Gasteiger partial charge is 0.323 e. The molecule has 0 unspecified atom stereocenters. The van der Waals surface area contributed by atoms with Crippen LogP contribution in [-0.4, -0.2) is 56.9 Å². The first kappa shape index (κ1) is 19.7. The van der Waals surface area contributed by atoms with E-state index in [2.05, 4.69) is 15.4 Å². The molecule has 1 atom stereocenters. The number of imidazole rings is 1. The van der Waals surface area contributed by atoms with Crippen molar-refractivity contribution in [3.05, 3.63) is 53.7 Å². The van der Waals surface area contributed by atoms with Gasteiger partial charge in [-0.2, -0.15) is 4.52 Å². The second-order valence-electron chi connectivity index (χ2n) is 8.01. The summed E-state index contributed by atoms with van der Waals surface area (Å²) in [7, 11) is 0. The molecule has 8 nitrogen and oxygen atoms in total. The molecule has 5 rings (SSSR count). The Bertz CT molecular complexity index is 1130. The monoisotopic (exact) mass is 428 g/mol. The third-order valence-corrected chi connectivity index (χ3v) is 5.95. The number of fused-ring (bicyclic) bond motifs is 1. The fraction of sp³-hybridized carbons (Fsp3) is 0.381. The lowest BCUT2D eigenvalue weighted by molar-refractivity contribution is 0.0838. The zero-order chi connectivity index (χ0) is 21.5. The Labute approximate surface area is 177 Å². The number of nitrogens with zero attached hydrogens (tertiary/aromatic N) is 5. The summed E-state index contributed by atoms with van der Waals surface area (Å²) in [6.07, 6.45) is 3.05. The number of benzene rings is 1. The van der Waals surface area contributed by atoms with Gasteiger partial charge in [0.15, 0.2) is 11.5 Å². The highest BCUT2D eigenvalue weighted by atomic mass is 19.1. The molecular formula is C21H22F2N6O2. The molecule has 1 aromatic carbocycles. The molecule has 2 fully saturated rings. The highest BCUT2D eigenvalue weighted by molar-refractivity contribution is 5.89. The van der Waals surface area contributed by atoms with E-state index >= 15 is 0 Å². The summed E-state index contributed by atoms with van der Waals surface area (Å²) in [5.41, 5.74) is 0.873. The molecule has 2 amide bonds. The summed E-state index contributed by atoms with van der Waals surface area (Å²) < 4.78 is 29.7. The van der Waals surface area contributed by atoms with Crippen LogP contribution in [0.25, 0.3) is 5.65 Å². The minimum absolute atomic E-state index is 0.0627. The number of hydrogen-bond donors (Lipinski definition) is 2. The lowest BCUT2D eigenvalue weighted by Crippen LogP contribution is -2.52. The molecule has 2 aliphatic heterocycles. The van der Waals surface area contributed by atoms with Crippen LogP contribution < -0.4 is 10.2 Å². The largest absolute Gasteiger partial charge is 0.396 e. The number of anilines is 2. The minimum atomic E-state index is -0.472. The Kier molecular flexibility index (Phi) is 4.93. The number of halogens is 2. The topological polar surface area (TPSA) is 86.0 Å². The molecule has 4 heterocycles. The highest BCUT2D eigenvalue weighted by Crippen LogP contribution is 2.36. The lowest BCUT2D eigenvalue weighted by Gasteiger charge is -2.37. The number of carbonyl (C=O) groups is 1. The maximum Gasteiger partial charge on any atom is 0.323 e. The third-order valence-electron chi connectivity index (χ3n) is 5.95. The molecule has 2 N–H and O–H groups in total. The summed E-state index contributed by atoms with van der Waals surface area (Å²) in [5, 5.41) is 16.5. The van der Waals surface area contributed by atoms with Crippen LogP contribution in [0.2, 0.25) is 0 Å². The number of rotatable bonds is 4. The van der Waals surface area contributed by atoms with Crippen LogP contribution in [0.4, 0.5) is 25.2 Å². The Morgan fingerprint density at radius 2 is 2.06 bits per heavy atom. The summed E-state index contributed by atoms with van der Waals surface area (Å²) >= 11 is 0. The molecule has 0 saturated carbocycles. The van der Waals surface area contributed by atoms with E-state index in [1.165, 1.54) is 16.8 Å². The molecule has 162 valence electrons. The Balaban J connectivity index is 1.41. The van der Waals surface area contributed by atoms with E-state index in [4.69, 9.17) is 5.11 Å². The number of aromatic nitrogens is 3. The predicted octanol–water partition coefficient (Wildman–Crippen LogP) is 2.81. The number of carbonyl (C=O) groups excluding carboxylic acids is 1. The fourth-order valence-corrected chi connectivity index (χ4v) is 4.28. The number of hydrogen-bond acceptors (Lipinski definition) is 5. The zero-order valence-corrected chi connectivity index (χ0v) is 16.7. The first-order valence-corrected chi connectivity index (χ1v) is 10.3. The van der Waals surface area contributed by atoms with Crippen LogP contribution in [0.5, 0.6) is 0 Å². The summed E-state index contributed by atoms with van der Waals surface area (Å²) in [5.74, 6) is 0.220. The van der Waals surface area contributed by atoms with E-state index in [0.717, 1.165) is 18.6 Å². The molecule has 0 radical (unpaired) electrons. The Morgan fingerprint density at radius 1 is 1.23 bits per heavy atom. The Hall–Kier alpha value is -3.27. The highest BCUT2D eigenvalue weighted by Gasteiger charge is 2.31. The number of amides is 2. The first-order valence-electron chi connectivity index (χ1n) is 10.3. The van der Waals surface area contributed by atoms with Crippen molar-refractivity contribution in [1.82, 2.24) is 19.5 Å². The maximum atomic E-state index is 14.4. The molecular weight excluding hydrogens is 406 g/mol. The molecule has 31 heavy (non-hydrogen) atoms. The molecule has 3 aromatic rings. The van der Waals surface area contributed by atoms with Gasteiger partial charge < -0.3 is 14.9 Å². The molecule has 2 aromatic heterocycles. The van der Waals surface area contributed by atoms with Crippen molar-refractivity contribution in [3.63, 3.8) is 0 Å². The van der Waals surface area contributed by atoms with E-state index in [1.54, 1.807) is 17.0 Å². The number of aliphatic hydroxyl groups is 1. The average Bonchev–Trinajstić information content (AvgIpc) is 3.36. The first-order chi connectivity index (χ1) is 15.0. The van der Waals surface area contributed by atoms with E-state index in [0.29, 0.717) is 48.9 Å². The van der Waals surface area contributed by atoms with Crippen LogP contribution in [0.1, 0.15) is 24.4 Å². The number of aliphatic hydroxyl groups excluding tert-OH is 1. The summed E-state index contributed by atoms with van der Waals surface area (Å²) in [6, 6.07) is 6.48. The van der Waals surface area contributed by atoms with E-state index in [9.17, 15) is 13.6 Å². The average molecular weight is 428 g/mol. The normalized spacial score (nSPS) is 19.1. The van der Waals surface area contributed by atoms with Crippen LogP contribution in [0.15, 0.2) is 36.5 Å². The van der Waals surface area contributed by atoms with Crippen molar-refractivity contribution in [2.45, 2.75) is 18.9 Å². The van der Waals surface area contributed by atoms with Crippen molar-refractivity contribution < 1.29 is 18.7 Å².